The molecule has 122 valence electrons. The van der Waals surface area contributed by atoms with Crippen LogP contribution in [0.4, 0.5) is 0 Å². The second-order valence-corrected chi connectivity index (χ2v) is 6.00. The fourth-order valence-electron chi connectivity index (χ4n) is 3.78. The lowest BCUT2D eigenvalue weighted by molar-refractivity contribution is 0.0311. The number of aromatic nitrogens is 1. The molecule has 1 fully saturated rings. The van der Waals surface area contributed by atoms with Gasteiger partial charge in [0.05, 0.1) is 31.0 Å². The van der Waals surface area contributed by atoms with Crippen molar-refractivity contribution in [2.75, 3.05) is 31.8 Å². The standard InChI is InChI=1S/C14H15N3O6/c1-15-13(22)10-12(21)11(20)7(5-18)9-8(19)4-16(17(9)10)14(15)2-3-23-6-14/h5,8,19,21H,2-4,6H2,1H3. The second kappa shape index (κ2) is 4.33. The van der Waals surface area contributed by atoms with E-state index in [0.717, 1.165) is 0 Å². The number of aromatic hydroxyl groups is 1. The molecule has 23 heavy (non-hydrogen) atoms. The number of aldehydes is 1. The molecular weight excluding hydrogens is 306 g/mol. The van der Waals surface area contributed by atoms with Gasteiger partial charge in [-0.3, -0.25) is 19.4 Å². The Balaban J connectivity index is 2.10. The van der Waals surface area contributed by atoms with Crippen molar-refractivity contribution in [3.8, 4) is 5.75 Å². The number of fused-ring (bicyclic) bond motifs is 1. The maximum atomic E-state index is 12.7. The lowest BCUT2D eigenvalue weighted by atomic mass is 10.0. The van der Waals surface area contributed by atoms with Gasteiger partial charge in [0.1, 0.15) is 6.10 Å². The molecule has 4 heterocycles. The molecule has 1 aromatic heterocycles. The Kier molecular flexibility index (Phi) is 2.68. The number of aliphatic hydroxyl groups excluding tert-OH is 1. The number of rotatable bonds is 1. The van der Waals surface area contributed by atoms with Gasteiger partial charge < -0.3 is 19.8 Å². The first-order valence-electron chi connectivity index (χ1n) is 7.23. The van der Waals surface area contributed by atoms with Crippen LogP contribution >= 0.6 is 0 Å². The fourth-order valence-corrected chi connectivity index (χ4v) is 3.78. The molecule has 4 rings (SSSR count). The quantitative estimate of drug-likeness (QED) is 0.609. The number of hydrogen-bond donors (Lipinski definition) is 2. The molecule has 3 aliphatic heterocycles. The van der Waals surface area contributed by atoms with Gasteiger partial charge in [0.25, 0.3) is 5.91 Å². The average Bonchev–Trinajstić information content (AvgIpc) is 3.13. The number of likely N-dealkylation sites (N-methyl/N-ethyl adjacent to an activating group) is 1. The largest absolute Gasteiger partial charge is 0.502 e. The highest BCUT2D eigenvalue weighted by Gasteiger charge is 2.56. The van der Waals surface area contributed by atoms with Crippen LogP contribution in [-0.4, -0.2) is 64.5 Å². The number of pyridine rings is 1. The molecule has 1 saturated heterocycles. The number of carbonyl (C=O) groups is 2. The number of aliphatic hydroxyl groups is 1. The van der Waals surface area contributed by atoms with Crippen molar-refractivity contribution in [1.82, 2.24) is 9.58 Å². The van der Waals surface area contributed by atoms with Crippen molar-refractivity contribution in [3.63, 3.8) is 0 Å². The van der Waals surface area contributed by atoms with Gasteiger partial charge in [0.2, 0.25) is 5.43 Å². The van der Waals surface area contributed by atoms with Crippen LogP contribution in [0.25, 0.3) is 0 Å². The zero-order chi connectivity index (χ0) is 16.5. The smallest absolute Gasteiger partial charge is 0.278 e. The molecule has 1 spiro atoms. The molecule has 0 saturated carbocycles. The van der Waals surface area contributed by atoms with Crippen molar-refractivity contribution in [3.05, 3.63) is 27.2 Å². The minimum atomic E-state index is -1.11. The summed E-state index contributed by atoms with van der Waals surface area (Å²) in [5, 5.41) is 22.2. The molecule has 9 nitrogen and oxygen atoms in total. The Morgan fingerprint density at radius 1 is 1.39 bits per heavy atom. The Labute approximate surface area is 130 Å². The van der Waals surface area contributed by atoms with Crippen LogP contribution in [0.1, 0.15) is 39.1 Å². The first-order chi connectivity index (χ1) is 10.9. The van der Waals surface area contributed by atoms with E-state index in [1.54, 1.807) is 12.1 Å². The summed E-state index contributed by atoms with van der Waals surface area (Å²) in [7, 11) is 1.57. The predicted octanol–water partition coefficient (Wildman–Crippen LogP) is -1.45. The van der Waals surface area contributed by atoms with E-state index in [9.17, 15) is 24.6 Å². The van der Waals surface area contributed by atoms with Crippen LogP contribution in [-0.2, 0) is 4.74 Å². The molecule has 2 N–H and O–H groups in total. The van der Waals surface area contributed by atoms with Crippen LogP contribution in [0.15, 0.2) is 4.79 Å². The lowest BCUT2D eigenvalue weighted by Gasteiger charge is -2.50. The zero-order valence-corrected chi connectivity index (χ0v) is 12.4. The van der Waals surface area contributed by atoms with Gasteiger partial charge in [-0.2, -0.15) is 0 Å². The highest BCUT2D eigenvalue weighted by molar-refractivity contribution is 5.98. The Morgan fingerprint density at radius 2 is 2.13 bits per heavy atom. The fraction of sp³-hybridized carbons (Fsp3) is 0.500. The number of carbonyl (C=O) groups excluding carboxylic acids is 2. The third kappa shape index (κ3) is 1.46. The molecule has 0 bridgehead atoms. The normalized spacial score (nSPS) is 28.6. The maximum absolute atomic E-state index is 12.7. The highest BCUT2D eigenvalue weighted by atomic mass is 16.5. The van der Waals surface area contributed by atoms with Crippen LogP contribution < -0.4 is 10.4 Å². The SMILES string of the molecule is CN1C(=O)c2c(O)c(=O)c(C=O)c3n2N(CC3O)C12CCOC2. The van der Waals surface area contributed by atoms with E-state index < -0.39 is 28.9 Å². The Bertz CT molecular complexity index is 795. The van der Waals surface area contributed by atoms with Crippen molar-refractivity contribution in [2.45, 2.75) is 18.2 Å². The molecule has 9 heteroatoms. The van der Waals surface area contributed by atoms with Gasteiger partial charge in [-0.15, -0.1) is 0 Å². The Morgan fingerprint density at radius 3 is 2.74 bits per heavy atom. The van der Waals surface area contributed by atoms with Gasteiger partial charge in [-0.1, -0.05) is 0 Å². The summed E-state index contributed by atoms with van der Waals surface area (Å²) in [6.45, 7) is 0.781. The number of ether oxygens (including phenoxy) is 1. The third-order valence-corrected chi connectivity index (χ3v) is 5.01. The van der Waals surface area contributed by atoms with Crippen LogP contribution in [0.2, 0.25) is 0 Å². The Hall–Kier alpha value is -2.39. The number of hydrogen-bond acceptors (Lipinski definition) is 7. The summed E-state index contributed by atoms with van der Waals surface area (Å²) < 4.78 is 6.77. The molecule has 1 aromatic rings. The summed E-state index contributed by atoms with van der Waals surface area (Å²) in [5.74, 6) is -1.32. The molecule has 0 aliphatic carbocycles. The van der Waals surface area contributed by atoms with E-state index in [4.69, 9.17) is 4.74 Å². The molecule has 1 amide bonds. The van der Waals surface area contributed by atoms with Crippen LogP contribution in [0.5, 0.6) is 5.75 Å². The summed E-state index contributed by atoms with van der Waals surface area (Å²) in [6, 6.07) is 0. The molecule has 2 atom stereocenters. The monoisotopic (exact) mass is 321 g/mol. The van der Waals surface area contributed by atoms with Gasteiger partial charge >= 0.3 is 0 Å². The van der Waals surface area contributed by atoms with E-state index in [2.05, 4.69) is 0 Å². The number of nitrogens with zero attached hydrogens (tertiary/aromatic N) is 3. The minimum Gasteiger partial charge on any atom is -0.502 e. The van der Waals surface area contributed by atoms with E-state index in [-0.39, 0.29) is 30.1 Å². The highest BCUT2D eigenvalue weighted by Crippen LogP contribution is 2.41. The van der Waals surface area contributed by atoms with Gasteiger partial charge in [0.15, 0.2) is 23.4 Å². The van der Waals surface area contributed by atoms with E-state index in [1.165, 1.54) is 9.58 Å². The molecule has 0 aromatic carbocycles. The third-order valence-electron chi connectivity index (χ3n) is 5.01. The minimum absolute atomic E-state index is 0.0468. The van der Waals surface area contributed by atoms with Crippen molar-refractivity contribution >= 4 is 12.2 Å². The summed E-state index contributed by atoms with van der Waals surface area (Å²) >= 11 is 0. The summed E-state index contributed by atoms with van der Waals surface area (Å²) in [5.41, 5.74) is -2.26. The van der Waals surface area contributed by atoms with Crippen LogP contribution in [0, 0.1) is 0 Å². The number of amides is 1. The molecule has 3 aliphatic rings. The summed E-state index contributed by atoms with van der Waals surface area (Å²) in [4.78, 5) is 37.6. The van der Waals surface area contributed by atoms with Crippen LogP contribution in [0.3, 0.4) is 0 Å². The first kappa shape index (κ1) is 14.2. The molecular formula is C14H15N3O6. The van der Waals surface area contributed by atoms with Crippen molar-refractivity contribution < 1.29 is 24.5 Å². The summed E-state index contributed by atoms with van der Waals surface area (Å²) in [6.07, 6.45) is -0.290. The zero-order valence-electron chi connectivity index (χ0n) is 12.4. The topological polar surface area (TPSA) is 112 Å². The van der Waals surface area contributed by atoms with Gasteiger partial charge in [-0.05, 0) is 0 Å². The predicted molar refractivity (Wildman–Crippen MR) is 76.1 cm³/mol. The molecule has 2 unspecified atom stereocenters. The maximum Gasteiger partial charge on any atom is 0.278 e. The van der Waals surface area contributed by atoms with E-state index in [1.807, 2.05) is 0 Å². The molecule has 0 radical (unpaired) electrons. The van der Waals surface area contributed by atoms with Gasteiger partial charge in [-0.25, -0.2) is 4.68 Å². The van der Waals surface area contributed by atoms with E-state index >= 15 is 0 Å². The van der Waals surface area contributed by atoms with E-state index in [0.29, 0.717) is 19.3 Å². The first-order valence-corrected chi connectivity index (χ1v) is 7.23. The van der Waals surface area contributed by atoms with Crippen molar-refractivity contribution in [1.29, 1.82) is 0 Å². The second-order valence-electron chi connectivity index (χ2n) is 6.00. The van der Waals surface area contributed by atoms with Crippen molar-refractivity contribution in [2.24, 2.45) is 0 Å². The average molecular weight is 321 g/mol. The van der Waals surface area contributed by atoms with Gasteiger partial charge in [0, 0.05) is 13.5 Å². The lowest BCUT2D eigenvalue weighted by Crippen LogP contribution is -2.69.